The third-order valence-electron chi connectivity index (χ3n) is 4.58. The molecule has 0 aliphatic carbocycles. The summed E-state index contributed by atoms with van der Waals surface area (Å²) in [4.78, 5) is 32.4. The molecule has 0 fully saturated rings. The Balaban J connectivity index is 4.41. The molecule has 0 aliphatic heterocycles. The Morgan fingerprint density at radius 3 is 1.22 bits per heavy atom. The lowest BCUT2D eigenvalue weighted by Crippen LogP contribution is -2.51. The second kappa shape index (κ2) is 9.90. The van der Waals surface area contributed by atoms with Crippen molar-refractivity contribution < 1.29 is 27.8 Å². The molecular weight excluding hydrogens is 294 g/mol. The SMILES string of the molecule is C[N+](C)(CC=O)CCC[N+](C)(CC=O)CCC[N+](C)(C)CC=O. The van der Waals surface area contributed by atoms with Gasteiger partial charge in [-0.3, -0.25) is 14.4 Å². The highest BCUT2D eigenvalue weighted by Gasteiger charge is 2.25. The zero-order chi connectivity index (χ0) is 18.0. The molecule has 0 N–H and O–H groups in total. The van der Waals surface area contributed by atoms with Crippen molar-refractivity contribution in [1.82, 2.24) is 0 Å². The van der Waals surface area contributed by atoms with Crippen molar-refractivity contribution in [3.8, 4) is 0 Å². The highest BCUT2D eigenvalue weighted by atomic mass is 16.1. The molecule has 0 aliphatic rings. The summed E-state index contributed by atoms with van der Waals surface area (Å²) in [6.45, 7) is 5.28. The van der Waals surface area contributed by atoms with Crippen LogP contribution in [0.2, 0.25) is 0 Å². The van der Waals surface area contributed by atoms with E-state index in [1.807, 2.05) is 0 Å². The second-order valence-electron chi connectivity index (χ2n) is 8.14. The molecule has 0 unspecified atom stereocenters. The van der Waals surface area contributed by atoms with Gasteiger partial charge in [0.2, 0.25) is 0 Å². The van der Waals surface area contributed by atoms with Crippen LogP contribution in [0.5, 0.6) is 0 Å². The van der Waals surface area contributed by atoms with E-state index in [0.29, 0.717) is 28.6 Å². The molecule has 0 amide bonds. The molecule has 0 rings (SSSR count). The van der Waals surface area contributed by atoms with Crippen LogP contribution in [0.1, 0.15) is 12.8 Å². The number of quaternary nitrogens is 3. The number of hydrogen-bond acceptors (Lipinski definition) is 3. The smallest absolute Gasteiger partial charge is 0.174 e. The highest BCUT2D eigenvalue weighted by Crippen LogP contribution is 2.09. The van der Waals surface area contributed by atoms with Crippen molar-refractivity contribution in [2.45, 2.75) is 12.8 Å². The highest BCUT2D eigenvalue weighted by molar-refractivity contribution is 5.50. The Hall–Kier alpha value is -1.11. The van der Waals surface area contributed by atoms with Crippen molar-refractivity contribution in [2.75, 3.05) is 81.1 Å². The summed E-state index contributed by atoms with van der Waals surface area (Å²) in [5.74, 6) is 0. The Morgan fingerprint density at radius 1 is 0.565 bits per heavy atom. The molecule has 134 valence electrons. The van der Waals surface area contributed by atoms with Crippen LogP contribution in [-0.2, 0) is 14.4 Å². The van der Waals surface area contributed by atoms with Crippen molar-refractivity contribution >= 4 is 18.9 Å². The minimum absolute atomic E-state index is 0.516. The van der Waals surface area contributed by atoms with E-state index in [-0.39, 0.29) is 0 Å². The fraction of sp³-hybridized carbons (Fsp3) is 0.824. The molecule has 6 heteroatoms. The van der Waals surface area contributed by atoms with Gasteiger partial charge >= 0.3 is 0 Å². The lowest BCUT2D eigenvalue weighted by Gasteiger charge is -2.36. The topological polar surface area (TPSA) is 51.2 Å². The number of rotatable bonds is 14. The fourth-order valence-corrected chi connectivity index (χ4v) is 2.82. The normalized spacial score (nSPS) is 12.9. The maximum atomic E-state index is 11.0. The first kappa shape index (κ1) is 21.9. The van der Waals surface area contributed by atoms with Gasteiger partial charge in [-0.2, -0.15) is 0 Å². The summed E-state index contributed by atoms with van der Waals surface area (Å²) in [6.07, 6.45) is 4.89. The quantitative estimate of drug-likeness (QED) is 0.332. The van der Waals surface area contributed by atoms with Gasteiger partial charge in [-0.05, 0) is 0 Å². The van der Waals surface area contributed by atoms with Gasteiger partial charge in [0, 0.05) is 12.8 Å². The molecule has 6 nitrogen and oxygen atoms in total. The maximum absolute atomic E-state index is 11.0. The van der Waals surface area contributed by atoms with Gasteiger partial charge in [0.15, 0.2) is 18.9 Å². The third-order valence-corrected chi connectivity index (χ3v) is 4.58. The molecule has 0 aromatic rings. The van der Waals surface area contributed by atoms with Crippen LogP contribution in [0.3, 0.4) is 0 Å². The number of likely N-dealkylation sites (N-methyl/N-ethyl adjacent to an activating group) is 3. The molecule has 0 spiro atoms. The minimum Gasteiger partial charge on any atom is -0.322 e. The van der Waals surface area contributed by atoms with Gasteiger partial charge in [0.25, 0.3) is 0 Å². The molecule has 0 bridgehead atoms. The molecule has 0 heterocycles. The van der Waals surface area contributed by atoms with Gasteiger partial charge in [0.05, 0.1) is 61.4 Å². The lowest BCUT2D eigenvalue weighted by atomic mass is 10.2. The summed E-state index contributed by atoms with van der Waals surface area (Å²) in [6, 6.07) is 0. The van der Waals surface area contributed by atoms with E-state index in [1.54, 1.807) is 0 Å². The molecule has 0 saturated carbocycles. The van der Waals surface area contributed by atoms with Gasteiger partial charge in [-0.15, -0.1) is 0 Å². The molecule has 0 radical (unpaired) electrons. The molecular formula is C17H36N3O3+3. The summed E-state index contributed by atoms with van der Waals surface area (Å²) < 4.78 is 2.10. The number of carbonyl (C=O) groups is 3. The van der Waals surface area contributed by atoms with E-state index in [9.17, 15) is 14.4 Å². The van der Waals surface area contributed by atoms with E-state index in [2.05, 4.69) is 35.2 Å². The zero-order valence-corrected chi connectivity index (χ0v) is 15.7. The summed E-state index contributed by atoms with van der Waals surface area (Å²) in [5, 5.41) is 0. The summed E-state index contributed by atoms with van der Waals surface area (Å²) in [5.41, 5.74) is 0. The largest absolute Gasteiger partial charge is 0.322 e. The van der Waals surface area contributed by atoms with E-state index in [0.717, 1.165) is 62.4 Å². The molecule has 0 saturated heterocycles. The van der Waals surface area contributed by atoms with E-state index in [4.69, 9.17) is 0 Å². The van der Waals surface area contributed by atoms with Crippen LogP contribution in [0, 0.1) is 0 Å². The van der Waals surface area contributed by atoms with Crippen LogP contribution in [0.4, 0.5) is 0 Å². The van der Waals surface area contributed by atoms with Crippen LogP contribution >= 0.6 is 0 Å². The first-order chi connectivity index (χ1) is 10.6. The zero-order valence-electron chi connectivity index (χ0n) is 15.7. The van der Waals surface area contributed by atoms with Crippen LogP contribution in [0.15, 0.2) is 0 Å². The molecule has 23 heavy (non-hydrogen) atoms. The van der Waals surface area contributed by atoms with Crippen molar-refractivity contribution in [2.24, 2.45) is 0 Å². The lowest BCUT2D eigenvalue weighted by molar-refractivity contribution is -0.919. The van der Waals surface area contributed by atoms with Crippen molar-refractivity contribution in [3.63, 3.8) is 0 Å². The van der Waals surface area contributed by atoms with Gasteiger partial charge in [0.1, 0.15) is 19.6 Å². The van der Waals surface area contributed by atoms with Gasteiger partial charge in [-0.1, -0.05) is 0 Å². The summed E-state index contributed by atoms with van der Waals surface area (Å²) >= 11 is 0. The van der Waals surface area contributed by atoms with E-state index in [1.165, 1.54) is 0 Å². The fourth-order valence-electron chi connectivity index (χ4n) is 2.82. The molecule has 0 aromatic carbocycles. The van der Waals surface area contributed by atoms with E-state index < -0.39 is 0 Å². The minimum atomic E-state index is 0.516. The summed E-state index contributed by atoms with van der Waals surface area (Å²) in [7, 11) is 10.3. The second-order valence-corrected chi connectivity index (χ2v) is 8.14. The number of hydrogen-bond donors (Lipinski definition) is 0. The Bertz CT molecular complexity index is 353. The molecule has 0 aromatic heterocycles. The first-order valence-corrected chi connectivity index (χ1v) is 8.38. The van der Waals surface area contributed by atoms with Crippen LogP contribution in [0.25, 0.3) is 0 Å². The molecule has 0 atom stereocenters. The van der Waals surface area contributed by atoms with Crippen molar-refractivity contribution in [3.05, 3.63) is 0 Å². The predicted octanol–water partition coefficient (Wildman–Crippen LogP) is -0.0373. The standard InChI is InChI=1S/C17H36N3O3/c1-18(2,12-15-21)8-6-10-20(5,14-17-23)11-7-9-19(3,4)13-16-22/h15-17H,6-14H2,1-5H3/q+3. The predicted molar refractivity (Wildman–Crippen MR) is 91.9 cm³/mol. The van der Waals surface area contributed by atoms with Gasteiger partial charge in [-0.25, -0.2) is 0 Å². The Labute approximate surface area is 141 Å². The van der Waals surface area contributed by atoms with Crippen molar-refractivity contribution in [1.29, 1.82) is 0 Å². The number of carbonyl (C=O) groups excluding carboxylic acids is 3. The number of aldehydes is 3. The average Bonchev–Trinajstić information content (AvgIpc) is 2.37. The third kappa shape index (κ3) is 10.3. The monoisotopic (exact) mass is 330 g/mol. The van der Waals surface area contributed by atoms with Crippen LogP contribution in [-0.4, -0.2) is 113 Å². The Morgan fingerprint density at radius 2 is 0.913 bits per heavy atom. The number of nitrogens with zero attached hydrogens (tertiary/aromatic N) is 3. The maximum Gasteiger partial charge on any atom is 0.174 e. The van der Waals surface area contributed by atoms with Crippen LogP contribution < -0.4 is 0 Å². The average molecular weight is 330 g/mol. The van der Waals surface area contributed by atoms with E-state index >= 15 is 0 Å². The Kier molecular flexibility index (Phi) is 9.42. The first-order valence-electron chi connectivity index (χ1n) is 8.38. The van der Waals surface area contributed by atoms with Gasteiger partial charge < -0.3 is 13.4 Å².